The number of hydrogen-bond donors (Lipinski definition) is 2. The van der Waals surface area contributed by atoms with E-state index in [9.17, 15) is 9.59 Å². The Morgan fingerprint density at radius 1 is 1.33 bits per heavy atom. The van der Waals surface area contributed by atoms with Crippen LogP contribution in [0.15, 0.2) is 40.1 Å². The van der Waals surface area contributed by atoms with E-state index in [0.717, 1.165) is 4.88 Å². The van der Waals surface area contributed by atoms with Crippen molar-refractivity contribution in [1.82, 2.24) is 10.6 Å². The van der Waals surface area contributed by atoms with Crippen LogP contribution in [-0.4, -0.2) is 30.2 Å². The van der Waals surface area contributed by atoms with Gasteiger partial charge in [-0.15, -0.1) is 11.3 Å². The van der Waals surface area contributed by atoms with Gasteiger partial charge < -0.3 is 19.9 Å². The molecule has 0 bridgehead atoms. The number of amides is 2. The Morgan fingerprint density at radius 2 is 2.21 bits per heavy atom. The average Bonchev–Trinajstić information content (AvgIpc) is 3.30. The van der Waals surface area contributed by atoms with Gasteiger partial charge in [0.05, 0.1) is 28.6 Å². The van der Waals surface area contributed by atoms with Crippen molar-refractivity contribution >= 4 is 40.5 Å². The van der Waals surface area contributed by atoms with Gasteiger partial charge in [0.25, 0.3) is 5.91 Å². The molecule has 9 heteroatoms. The third-order valence-corrected chi connectivity index (χ3v) is 4.56. The summed E-state index contributed by atoms with van der Waals surface area (Å²) in [5.41, 5.74) is 0.675. The third-order valence-electron chi connectivity index (χ3n) is 3.28. The van der Waals surface area contributed by atoms with Gasteiger partial charge in [-0.1, -0.05) is 16.8 Å². The predicted octanol–water partition coefficient (Wildman–Crippen LogP) is 1.92. The van der Waals surface area contributed by atoms with Crippen LogP contribution in [0.3, 0.4) is 0 Å². The number of nitrogens with zero attached hydrogens (tertiary/aromatic N) is 1. The number of halogens is 1. The van der Waals surface area contributed by atoms with E-state index < -0.39 is 6.10 Å². The Bertz CT molecular complexity index is 757. The third kappa shape index (κ3) is 4.15. The van der Waals surface area contributed by atoms with Gasteiger partial charge in [-0.3, -0.25) is 9.59 Å². The van der Waals surface area contributed by atoms with Crippen LogP contribution in [-0.2, 0) is 21.0 Å². The quantitative estimate of drug-likeness (QED) is 0.815. The highest BCUT2D eigenvalue weighted by molar-refractivity contribution is 7.18. The molecular weight excluding hydrogens is 354 g/mol. The first kappa shape index (κ1) is 16.5. The molecule has 7 nitrogen and oxygen atoms in total. The van der Waals surface area contributed by atoms with Crippen LogP contribution >= 0.6 is 22.9 Å². The van der Waals surface area contributed by atoms with E-state index in [1.165, 1.54) is 17.6 Å². The first-order chi connectivity index (χ1) is 11.6. The van der Waals surface area contributed by atoms with Crippen LogP contribution in [0.5, 0.6) is 0 Å². The summed E-state index contributed by atoms with van der Waals surface area (Å²) in [7, 11) is 0. The van der Waals surface area contributed by atoms with Crippen molar-refractivity contribution < 1.29 is 18.8 Å². The molecule has 1 atom stereocenters. The number of thiophene rings is 1. The smallest absolute Gasteiger partial charge is 0.264 e. The summed E-state index contributed by atoms with van der Waals surface area (Å²) in [4.78, 5) is 29.7. The van der Waals surface area contributed by atoms with E-state index in [2.05, 4.69) is 15.8 Å². The normalized spacial score (nSPS) is 16.4. The Hall–Kier alpha value is -2.32. The van der Waals surface area contributed by atoms with Gasteiger partial charge in [0.2, 0.25) is 12.0 Å². The van der Waals surface area contributed by atoms with E-state index in [1.54, 1.807) is 18.2 Å². The number of rotatable bonds is 6. The molecule has 0 saturated heterocycles. The summed E-state index contributed by atoms with van der Waals surface area (Å²) in [6, 6.07) is 7.08. The van der Waals surface area contributed by atoms with Crippen LogP contribution in [0.1, 0.15) is 17.1 Å². The van der Waals surface area contributed by atoms with Crippen LogP contribution < -0.4 is 10.6 Å². The number of carbonyl (C=O) groups excluding carboxylic acids is 2. The summed E-state index contributed by atoms with van der Waals surface area (Å²) < 4.78 is 5.75. The predicted molar refractivity (Wildman–Crippen MR) is 88.9 cm³/mol. The maximum atomic E-state index is 12.0. The molecule has 0 radical (unpaired) electrons. The number of nitrogens with one attached hydrogen (secondary N) is 2. The zero-order valence-corrected chi connectivity index (χ0v) is 14.0. The summed E-state index contributed by atoms with van der Waals surface area (Å²) in [5, 5.41) is 9.08. The summed E-state index contributed by atoms with van der Waals surface area (Å²) in [6.07, 6.45) is 1.13. The second-order valence-electron chi connectivity index (χ2n) is 5.01. The highest BCUT2D eigenvalue weighted by Crippen LogP contribution is 2.26. The van der Waals surface area contributed by atoms with Crippen molar-refractivity contribution in [2.75, 3.05) is 6.54 Å². The van der Waals surface area contributed by atoms with Gasteiger partial charge in [0.1, 0.15) is 11.5 Å². The summed E-state index contributed by atoms with van der Waals surface area (Å²) in [5.74, 6) is -0.0602. The van der Waals surface area contributed by atoms with Crippen LogP contribution in [0, 0.1) is 0 Å². The second-order valence-corrected chi connectivity index (χ2v) is 6.73. The van der Waals surface area contributed by atoms with Crippen molar-refractivity contribution in [3.8, 4) is 0 Å². The summed E-state index contributed by atoms with van der Waals surface area (Å²) >= 11 is 7.25. The van der Waals surface area contributed by atoms with E-state index in [1.807, 2.05) is 6.07 Å². The maximum absolute atomic E-state index is 12.0. The molecule has 1 aliphatic rings. The zero-order valence-electron chi connectivity index (χ0n) is 12.5. The zero-order chi connectivity index (χ0) is 16.9. The largest absolute Gasteiger partial charge is 0.467 e. The number of furan rings is 1. The Kier molecular flexibility index (Phi) is 5.17. The monoisotopic (exact) mass is 367 g/mol. The topological polar surface area (TPSA) is 92.9 Å². The van der Waals surface area contributed by atoms with Gasteiger partial charge in [-0.2, -0.15) is 0 Å². The van der Waals surface area contributed by atoms with E-state index in [0.29, 0.717) is 22.2 Å². The minimum absolute atomic E-state index is 0.139. The standard InChI is InChI=1S/C15H14ClN3O4S/c16-13-4-3-12(24-13)10-6-11(23-19-10)15(21)18-8-14(20)17-7-9-2-1-5-22-9/h1-5,11H,6-8H2,(H,17,20)(H,18,21)/t11-/m0/s1. The fourth-order valence-corrected chi connectivity index (χ4v) is 3.11. The van der Waals surface area contributed by atoms with E-state index >= 15 is 0 Å². The molecule has 3 rings (SSSR count). The highest BCUT2D eigenvalue weighted by atomic mass is 35.5. The molecule has 0 aliphatic carbocycles. The lowest BCUT2D eigenvalue weighted by Gasteiger charge is -2.09. The van der Waals surface area contributed by atoms with Crippen molar-refractivity contribution in [1.29, 1.82) is 0 Å². The van der Waals surface area contributed by atoms with Gasteiger partial charge in [0, 0.05) is 6.42 Å². The molecule has 0 unspecified atom stereocenters. The van der Waals surface area contributed by atoms with E-state index in [-0.39, 0.29) is 24.9 Å². The molecule has 0 fully saturated rings. The minimum Gasteiger partial charge on any atom is -0.467 e. The summed E-state index contributed by atoms with van der Waals surface area (Å²) in [6.45, 7) is 0.133. The molecule has 24 heavy (non-hydrogen) atoms. The van der Waals surface area contributed by atoms with Crippen molar-refractivity contribution in [2.24, 2.45) is 5.16 Å². The number of oxime groups is 1. The van der Waals surface area contributed by atoms with Crippen LogP contribution in [0.2, 0.25) is 4.34 Å². The highest BCUT2D eigenvalue weighted by Gasteiger charge is 2.29. The molecular formula is C15H14ClN3O4S. The Labute approximate surface area is 146 Å². The van der Waals surface area contributed by atoms with Crippen molar-refractivity contribution in [3.63, 3.8) is 0 Å². The first-order valence-electron chi connectivity index (χ1n) is 7.17. The first-order valence-corrected chi connectivity index (χ1v) is 8.36. The lowest BCUT2D eigenvalue weighted by atomic mass is 10.1. The molecule has 0 aromatic carbocycles. The Balaban J connectivity index is 1.40. The van der Waals surface area contributed by atoms with Gasteiger partial charge in [-0.05, 0) is 24.3 Å². The average molecular weight is 368 g/mol. The molecule has 0 spiro atoms. The van der Waals surface area contributed by atoms with Crippen molar-refractivity contribution in [3.05, 3.63) is 45.5 Å². The fourth-order valence-electron chi connectivity index (χ4n) is 2.08. The van der Waals surface area contributed by atoms with Gasteiger partial charge >= 0.3 is 0 Å². The molecule has 2 aromatic rings. The minimum atomic E-state index is -0.737. The van der Waals surface area contributed by atoms with Gasteiger partial charge in [0.15, 0.2) is 0 Å². The maximum Gasteiger partial charge on any atom is 0.264 e. The SMILES string of the molecule is O=C(CNC(=O)[C@@H]1CC(c2ccc(Cl)s2)=NO1)NCc1ccco1. The number of hydrogen-bond acceptors (Lipinski definition) is 6. The molecule has 3 heterocycles. The number of carbonyl (C=O) groups is 2. The molecule has 2 N–H and O–H groups in total. The van der Waals surface area contributed by atoms with E-state index in [4.69, 9.17) is 20.9 Å². The molecule has 2 aromatic heterocycles. The lowest BCUT2D eigenvalue weighted by Crippen LogP contribution is -2.41. The van der Waals surface area contributed by atoms with Gasteiger partial charge in [-0.25, -0.2) is 0 Å². The second kappa shape index (κ2) is 7.50. The van der Waals surface area contributed by atoms with Crippen LogP contribution in [0.25, 0.3) is 0 Å². The lowest BCUT2D eigenvalue weighted by molar-refractivity contribution is -0.133. The van der Waals surface area contributed by atoms with Crippen LogP contribution in [0.4, 0.5) is 0 Å². The Morgan fingerprint density at radius 3 is 2.92 bits per heavy atom. The fraction of sp³-hybridized carbons (Fsp3) is 0.267. The molecule has 0 saturated carbocycles. The molecule has 1 aliphatic heterocycles. The van der Waals surface area contributed by atoms with Crippen molar-refractivity contribution in [2.45, 2.75) is 19.1 Å². The molecule has 2 amide bonds. The molecule has 126 valence electrons.